The van der Waals surface area contributed by atoms with Gasteiger partial charge in [-0.3, -0.25) is 4.39 Å². The first-order chi connectivity index (χ1) is 5.83. The number of hydrogen-bond donors (Lipinski definition) is 1. The molecule has 1 aliphatic heterocycles. The highest BCUT2D eigenvalue weighted by molar-refractivity contribution is 4.72. The molecule has 2 nitrogen and oxygen atoms in total. The highest BCUT2D eigenvalue weighted by atomic mass is 19.1. The van der Waals surface area contributed by atoms with Gasteiger partial charge in [-0.05, 0) is 32.9 Å². The topological polar surface area (TPSA) is 15.3 Å². The fourth-order valence-corrected chi connectivity index (χ4v) is 1.68. The van der Waals surface area contributed by atoms with E-state index in [4.69, 9.17) is 0 Å². The van der Waals surface area contributed by atoms with Gasteiger partial charge in [-0.2, -0.15) is 0 Å². The minimum atomic E-state index is -0.182. The summed E-state index contributed by atoms with van der Waals surface area (Å²) in [5.74, 6) is 0. The lowest BCUT2D eigenvalue weighted by Crippen LogP contribution is -2.35. The Kier molecular flexibility index (Phi) is 4.54. The van der Waals surface area contributed by atoms with Crippen LogP contribution in [0.1, 0.15) is 19.8 Å². The highest BCUT2D eigenvalue weighted by Gasteiger charge is 2.12. The quantitative estimate of drug-likeness (QED) is 0.687. The van der Waals surface area contributed by atoms with Crippen molar-refractivity contribution in [3.05, 3.63) is 0 Å². The van der Waals surface area contributed by atoms with Crippen molar-refractivity contribution in [2.75, 3.05) is 32.9 Å². The van der Waals surface area contributed by atoms with Crippen LogP contribution in [0.5, 0.6) is 0 Å². The van der Waals surface area contributed by atoms with E-state index in [0.717, 1.165) is 26.2 Å². The molecule has 1 heterocycles. The Bertz CT molecular complexity index is 119. The van der Waals surface area contributed by atoms with Gasteiger partial charge in [0.15, 0.2) is 0 Å². The van der Waals surface area contributed by atoms with E-state index in [1.54, 1.807) is 0 Å². The molecule has 1 rings (SSSR count). The normalized spacial score (nSPS) is 27.0. The van der Waals surface area contributed by atoms with Crippen LogP contribution in [0.15, 0.2) is 0 Å². The summed E-state index contributed by atoms with van der Waals surface area (Å²) in [6, 6.07) is 0.562. The third kappa shape index (κ3) is 3.50. The van der Waals surface area contributed by atoms with Crippen molar-refractivity contribution >= 4 is 0 Å². The fraction of sp³-hybridized carbons (Fsp3) is 1.00. The van der Waals surface area contributed by atoms with Gasteiger partial charge in [-0.15, -0.1) is 0 Å². The molecule has 1 atom stereocenters. The van der Waals surface area contributed by atoms with Crippen molar-refractivity contribution in [2.24, 2.45) is 0 Å². The molecule has 0 aromatic rings. The first-order valence-electron chi connectivity index (χ1n) is 4.84. The van der Waals surface area contributed by atoms with E-state index in [9.17, 15) is 4.39 Å². The number of nitrogens with zero attached hydrogens (tertiary/aromatic N) is 1. The van der Waals surface area contributed by atoms with Crippen molar-refractivity contribution in [1.82, 2.24) is 10.2 Å². The van der Waals surface area contributed by atoms with E-state index in [2.05, 4.69) is 17.1 Å². The molecule has 0 aromatic carbocycles. The van der Waals surface area contributed by atoms with Crippen LogP contribution >= 0.6 is 0 Å². The largest absolute Gasteiger partial charge is 0.313 e. The van der Waals surface area contributed by atoms with Crippen LogP contribution in [0.25, 0.3) is 0 Å². The molecule has 1 saturated heterocycles. The SMILES string of the molecule is CC1CN(CCCF)CCCN1. The lowest BCUT2D eigenvalue weighted by Gasteiger charge is -2.21. The monoisotopic (exact) mass is 174 g/mol. The first kappa shape index (κ1) is 9.93. The molecule has 0 saturated carbocycles. The highest BCUT2D eigenvalue weighted by Crippen LogP contribution is 2.01. The van der Waals surface area contributed by atoms with E-state index in [-0.39, 0.29) is 6.67 Å². The average Bonchev–Trinajstić information content (AvgIpc) is 2.26. The van der Waals surface area contributed by atoms with Crippen LogP contribution in [0, 0.1) is 0 Å². The Balaban J connectivity index is 2.21. The smallest absolute Gasteiger partial charge is 0.0906 e. The molecule has 3 heteroatoms. The molecule has 0 amide bonds. The molecule has 1 aliphatic rings. The van der Waals surface area contributed by atoms with E-state index >= 15 is 0 Å². The summed E-state index contributed by atoms with van der Waals surface area (Å²) in [5, 5.41) is 3.42. The fourth-order valence-electron chi connectivity index (χ4n) is 1.68. The van der Waals surface area contributed by atoms with Crippen molar-refractivity contribution < 1.29 is 4.39 Å². The Morgan fingerprint density at radius 1 is 1.58 bits per heavy atom. The average molecular weight is 174 g/mol. The zero-order valence-corrected chi connectivity index (χ0v) is 7.85. The third-order valence-electron chi connectivity index (χ3n) is 2.28. The van der Waals surface area contributed by atoms with E-state index in [1.165, 1.54) is 6.42 Å². The van der Waals surface area contributed by atoms with Gasteiger partial charge < -0.3 is 10.2 Å². The molecule has 0 aliphatic carbocycles. The predicted octanol–water partition coefficient (Wildman–Crippen LogP) is 1.03. The van der Waals surface area contributed by atoms with E-state index in [1.807, 2.05) is 0 Å². The molecule has 0 spiro atoms. The Labute approximate surface area is 74.1 Å². The molecule has 1 unspecified atom stereocenters. The second-order valence-electron chi connectivity index (χ2n) is 3.55. The van der Waals surface area contributed by atoms with Gasteiger partial charge in [0.25, 0.3) is 0 Å². The summed E-state index contributed by atoms with van der Waals surface area (Å²) in [5.41, 5.74) is 0. The number of hydrogen-bond acceptors (Lipinski definition) is 2. The van der Waals surface area contributed by atoms with Crippen LogP contribution in [-0.4, -0.2) is 43.8 Å². The van der Waals surface area contributed by atoms with Gasteiger partial charge in [-0.25, -0.2) is 0 Å². The third-order valence-corrected chi connectivity index (χ3v) is 2.28. The van der Waals surface area contributed by atoms with Crippen LogP contribution in [-0.2, 0) is 0 Å². The minimum absolute atomic E-state index is 0.182. The van der Waals surface area contributed by atoms with Gasteiger partial charge in [0.05, 0.1) is 6.67 Å². The number of rotatable bonds is 3. The zero-order valence-electron chi connectivity index (χ0n) is 7.85. The van der Waals surface area contributed by atoms with Crippen molar-refractivity contribution in [3.8, 4) is 0 Å². The molecular weight excluding hydrogens is 155 g/mol. The summed E-state index contributed by atoms with van der Waals surface area (Å²) < 4.78 is 11.9. The molecule has 0 radical (unpaired) electrons. The Hall–Kier alpha value is -0.150. The molecule has 0 bridgehead atoms. The van der Waals surface area contributed by atoms with Crippen molar-refractivity contribution in [2.45, 2.75) is 25.8 Å². The molecular formula is C9H19FN2. The Morgan fingerprint density at radius 3 is 3.17 bits per heavy atom. The van der Waals surface area contributed by atoms with Gasteiger partial charge in [0, 0.05) is 19.1 Å². The number of halogens is 1. The van der Waals surface area contributed by atoms with Gasteiger partial charge in [-0.1, -0.05) is 0 Å². The van der Waals surface area contributed by atoms with E-state index < -0.39 is 0 Å². The molecule has 1 fully saturated rings. The maximum absolute atomic E-state index is 11.9. The molecule has 12 heavy (non-hydrogen) atoms. The predicted molar refractivity (Wildman–Crippen MR) is 49.1 cm³/mol. The first-order valence-corrected chi connectivity index (χ1v) is 4.84. The summed E-state index contributed by atoms with van der Waals surface area (Å²) in [7, 11) is 0. The van der Waals surface area contributed by atoms with Gasteiger partial charge >= 0.3 is 0 Å². The summed E-state index contributed by atoms with van der Waals surface area (Å²) in [4.78, 5) is 2.35. The lowest BCUT2D eigenvalue weighted by molar-refractivity contribution is 0.258. The summed E-state index contributed by atoms with van der Waals surface area (Å²) in [6.07, 6.45) is 1.88. The second-order valence-corrected chi connectivity index (χ2v) is 3.55. The van der Waals surface area contributed by atoms with Crippen LogP contribution in [0.3, 0.4) is 0 Å². The summed E-state index contributed by atoms with van der Waals surface area (Å²) in [6.45, 7) is 6.22. The second kappa shape index (κ2) is 5.49. The zero-order chi connectivity index (χ0) is 8.81. The maximum atomic E-state index is 11.9. The van der Waals surface area contributed by atoms with E-state index in [0.29, 0.717) is 12.5 Å². The van der Waals surface area contributed by atoms with Crippen LogP contribution in [0.2, 0.25) is 0 Å². The lowest BCUT2D eigenvalue weighted by atomic mass is 10.3. The molecule has 72 valence electrons. The molecule has 1 N–H and O–H groups in total. The van der Waals surface area contributed by atoms with Crippen molar-refractivity contribution in [3.63, 3.8) is 0 Å². The number of nitrogens with one attached hydrogen (secondary N) is 1. The standard InChI is InChI=1S/C9H19FN2/c1-9-8-12(6-2-4-10)7-3-5-11-9/h9,11H,2-8H2,1H3. The van der Waals surface area contributed by atoms with Gasteiger partial charge in [0.2, 0.25) is 0 Å². The van der Waals surface area contributed by atoms with Crippen LogP contribution in [0.4, 0.5) is 4.39 Å². The summed E-state index contributed by atoms with van der Waals surface area (Å²) >= 11 is 0. The van der Waals surface area contributed by atoms with Crippen LogP contribution < -0.4 is 5.32 Å². The maximum Gasteiger partial charge on any atom is 0.0906 e. The Morgan fingerprint density at radius 2 is 2.42 bits per heavy atom. The van der Waals surface area contributed by atoms with Crippen molar-refractivity contribution in [1.29, 1.82) is 0 Å². The molecule has 0 aromatic heterocycles. The van der Waals surface area contributed by atoms with Gasteiger partial charge in [0.1, 0.15) is 0 Å². The number of alkyl halides is 1. The minimum Gasteiger partial charge on any atom is -0.313 e.